The average molecular weight is 614 g/mol. The molecule has 1 fully saturated rings. The number of rotatable bonds is 7. The summed E-state index contributed by atoms with van der Waals surface area (Å²) in [6, 6.07) is 3.44. The first kappa shape index (κ1) is 30.0. The number of carbonyl (C=O) groups excluding carboxylic acids is 1. The van der Waals surface area contributed by atoms with Crippen LogP contribution in [0.4, 0.5) is 0 Å². The first-order valence-electron chi connectivity index (χ1n) is 9.38. The molecule has 0 aromatic carbocycles. The van der Waals surface area contributed by atoms with Crippen LogP contribution in [-0.4, -0.2) is 29.8 Å². The summed E-state index contributed by atoms with van der Waals surface area (Å²) < 4.78 is 11.6. The molecule has 4 atom stereocenters. The summed E-state index contributed by atoms with van der Waals surface area (Å²) in [4.78, 5) is 16.3. The van der Waals surface area contributed by atoms with Crippen LogP contribution in [0.2, 0.25) is 0 Å². The van der Waals surface area contributed by atoms with Crippen LogP contribution in [0.15, 0.2) is 18.3 Å². The van der Waals surface area contributed by atoms with Crippen LogP contribution in [0.3, 0.4) is 0 Å². The van der Waals surface area contributed by atoms with E-state index in [4.69, 9.17) is 15.2 Å². The number of pyridine rings is 1. The molecule has 1 aliphatic carbocycles. The van der Waals surface area contributed by atoms with Crippen LogP contribution in [-0.2, 0) is 37.1 Å². The zero-order chi connectivity index (χ0) is 18.4. The van der Waals surface area contributed by atoms with Crippen molar-refractivity contribution >= 4 is 5.97 Å². The molecule has 0 radical (unpaired) electrons. The molecule has 0 spiro atoms. The standard InChI is InChI=1S/C20H32N2O3.2ClH.Pt/c1-13(2)18-8-5-14(3)9-19(18)24-12-15(4)25-20(23)16-6-7-17(10-21)22-11-16;;;/h6-7,11,13-15,18-19H,5,8-10,12,21H2,1-4H3;2*1H;/q;;;+2/p-2/t14?,15-,18-,19+;;;/m0.../s1. The Balaban J connectivity index is 0. The van der Waals surface area contributed by atoms with Crippen molar-refractivity contribution in [1.29, 1.82) is 0 Å². The molecule has 1 saturated carbocycles. The predicted octanol–water partition coefficient (Wildman–Crippen LogP) is -2.43. The minimum absolute atomic E-state index is 0. The van der Waals surface area contributed by atoms with E-state index >= 15 is 0 Å². The first-order valence-corrected chi connectivity index (χ1v) is 9.38. The Hall–Kier alpha value is -0.192. The van der Waals surface area contributed by atoms with E-state index in [0.29, 0.717) is 36.5 Å². The van der Waals surface area contributed by atoms with E-state index in [-0.39, 0.29) is 64.1 Å². The Morgan fingerprint density at radius 1 is 1.25 bits per heavy atom. The molecule has 1 heterocycles. The SMILES string of the molecule is CC1CC[C@@H](C(C)C)[C@H](OC[C@H](C)OC(=O)c2ccc(CN)nc2)C1.[Cl-].[Cl-].[Pt+2]. The van der Waals surface area contributed by atoms with Crippen molar-refractivity contribution in [1.82, 2.24) is 4.98 Å². The van der Waals surface area contributed by atoms with Crippen LogP contribution < -0.4 is 30.5 Å². The Kier molecular flexibility index (Phi) is 15.8. The second-order valence-electron chi connectivity index (χ2n) is 7.66. The summed E-state index contributed by atoms with van der Waals surface area (Å²) >= 11 is 0. The van der Waals surface area contributed by atoms with Gasteiger partial charge in [-0.25, -0.2) is 4.79 Å². The van der Waals surface area contributed by atoms with E-state index in [2.05, 4.69) is 25.8 Å². The molecule has 1 aromatic rings. The van der Waals surface area contributed by atoms with Crippen molar-refractivity contribution in [2.45, 2.75) is 65.7 Å². The molecule has 0 bridgehead atoms. The molecule has 0 aliphatic heterocycles. The molecule has 1 unspecified atom stereocenters. The largest absolute Gasteiger partial charge is 2.00 e. The van der Waals surface area contributed by atoms with Crippen molar-refractivity contribution < 1.29 is 60.1 Å². The summed E-state index contributed by atoms with van der Waals surface area (Å²) in [5.41, 5.74) is 6.70. The Labute approximate surface area is 196 Å². The number of nitrogens with two attached hydrogens (primary N) is 1. The van der Waals surface area contributed by atoms with Gasteiger partial charge in [0.05, 0.1) is 24.0 Å². The Morgan fingerprint density at radius 2 is 1.93 bits per heavy atom. The van der Waals surface area contributed by atoms with Gasteiger partial charge in [0.2, 0.25) is 0 Å². The minimum Gasteiger partial charge on any atom is -1.00 e. The summed E-state index contributed by atoms with van der Waals surface area (Å²) in [5.74, 6) is 1.53. The van der Waals surface area contributed by atoms with Crippen molar-refractivity contribution in [3.05, 3.63) is 29.6 Å². The fraction of sp³-hybridized carbons (Fsp3) is 0.700. The first-order chi connectivity index (χ1) is 11.9. The fourth-order valence-corrected chi connectivity index (χ4v) is 3.52. The van der Waals surface area contributed by atoms with Crippen LogP contribution in [0, 0.1) is 17.8 Å². The normalized spacial score (nSPS) is 22.3. The van der Waals surface area contributed by atoms with Gasteiger partial charge >= 0.3 is 27.0 Å². The fourth-order valence-electron chi connectivity index (χ4n) is 3.52. The van der Waals surface area contributed by atoms with E-state index in [1.807, 2.05) is 6.92 Å². The molecule has 28 heavy (non-hydrogen) atoms. The number of aromatic nitrogens is 1. The quantitative estimate of drug-likeness (QED) is 0.346. The number of carbonyl (C=O) groups is 1. The molecule has 164 valence electrons. The van der Waals surface area contributed by atoms with Gasteiger partial charge in [-0.3, -0.25) is 4.98 Å². The molecule has 0 amide bonds. The number of hydrogen-bond donors (Lipinski definition) is 1. The van der Waals surface area contributed by atoms with E-state index < -0.39 is 0 Å². The third kappa shape index (κ3) is 9.09. The van der Waals surface area contributed by atoms with E-state index in [1.165, 1.54) is 19.0 Å². The maximum Gasteiger partial charge on any atom is 2.00 e. The molecular weight excluding hydrogens is 582 g/mol. The third-order valence-corrected chi connectivity index (χ3v) is 5.08. The zero-order valence-electron chi connectivity index (χ0n) is 17.0. The van der Waals surface area contributed by atoms with E-state index in [1.54, 1.807) is 12.1 Å². The van der Waals surface area contributed by atoms with Gasteiger partial charge in [-0.15, -0.1) is 0 Å². The Bertz CT molecular complexity index is 561. The molecule has 1 aliphatic rings. The molecule has 2 N–H and O–H groups in total. The molecule has 1 aromatic heterocycles. The van der Waals surface area contributed by atoms with Crippen molar-refractivity contribution in [3.8, 4) is 0 Å². The second kappa shape index (κ2) is 14.7. The predicted molar refractivity (Wildman–Crippen MR) is 98.1 cm³/mol. The van der Waals surface area contributed by atoms with Crippen LogP contribution in [0.25, 0.3) is 0 Å². The minimum atomic E-state index is -0.371. The van der Waals surface area contributed by atoms with Gasteiger partial charge in [0.1, 0.15) is 6.10 Å². The zero-order valence-corrected chi connectivity index (χ0v) is 20.8. The molecule has 5 nitrogen and oxygen atoms in total. The number of ether oxygens (including phenoxy) is 2. The molecule has 2 rings (SSSR count). The van der Waals surface area contributed by atoms with Gasteiger partial charge in [-0.05, 0) is 49.7 Å². The molecule has 0 saturated heterocycles. The Morgan fingerprint density at radius 3 is 2.46 bits per heavy atom. The number of halogens is 2. The van der Waals surface area contributed by atoms with Gasteiger partial charge in [0.15, 0.2) is 0 Å². The smallest absolute Gasteiger partial charge is 1.00 e. The van der Waals surface area contributed by atoms with E-state index in [9.17, 15) is 4.79 Å². The van der Waals surface area contributed by atoms with Gasteiger partial charge in [-0.1, -0.05) is 27.2 Å². The monoisotopic (exact) mass is 613 g/mol. The second-order valence-corrected chi connectivity index (χ2v) is 7.66. The molecule has 8 heteroatoms. The number of nitrogens with zero attached hydrogens (tertiary/aromatic N) is 1. The number of esters is 1. The topological polar surface area (TPSA) is 74.4 Å². The van der Waals surface area contributed by atoms with Crippen LogP contribution in [0.5, 0.6) is 0 Å². The summed E-state index contributed by atoms with van der Waals surface area (Å²) in [7, 11) is 0. The van der Waals surface area contributed by atoms with E-state index in [0.717, 1.165) is 12.1 Å². The van der Waals surface area contributed by atoms with Crippen molar-refractivity contribution in [2.24, 2.45) is 23.5 Å². The maximum absolute atomic E-state index is 12.2. The van der Waals surface area contributed by atoms with Gasteiger partial charge in [-0.2, -0.15) is 0 Å². The summed E-state index contributed by atoms with van der Waals surface area (Å²) in [5, 5.41) is 0. The number of hydrogen-bond acceptors (Lipinski definition) is 5. The van der Waals surface area contributed by atoms with Gasteiger partial charge in [0.25, 0.3) is 0 Å². The third-order valence-electron chi connectivity index (χ3n) is 5.08. The average Bonchev–Trinajstić information content (AvgIpc) is 2.59. The summed E-state index contributed by atoms with van der Waals surface area (Å²) in [6.07, 6.45) is 5.07. The summed E-state index contributed by atoms with van der Waals surface area (Å²) in [6.45, 7) is 9.47. The van der Waals surface area contributed by atoms with Crippen molar-refractivity contribution in [3.63, 3.8) is 0 Å². The van der Waals surface area contributed by atoms with Crippen LogP contribution in [0.1, 0.15) is 63.0 Å². The molecular formula is C20H32Cl2N2O3Pt. The maximum atomic E-state index is 12.2. The van der Waals surface area contributed by atoms with Crippen LogP contribution >= 0.6 is 0 Å². The van der Waals surface area contributed by atoms with Gasteiger partial charge < -0.3 is 40.0 Å². The van der Waals surface area contributed by atoms with Gasteiger partial charge in [0, 0.05) is 12.7 Å². The van der Waals surface area contributed by atoms with Crippen molar-refractivity contribution in [2.75, 3.05) is 6.61 Å².